The number of benzene rings is 1. The van der Waals surface area contributed by atoms with Gasteiger partial charge in [0.15, 0.2) is 0 Å². The molecule has 0 unspecified atom stereocenters. The Kier molecular flexibility index (Phi) is 5.07. The quantitative estimate of drug-likeness (QED) is 0.637. The van der Waals surface area contributed by atoms with E-state index in [1.165, 1.54) is 0 Å². The number of para-hydroxylation sites is 1. The predicted molar refractivity (Wildman–Crippen MR) is 60.3 cm³/mol. The zero-order chi connectivity index (χ0) is 11.1. The highest BCUT2D eigenvalue weighted by Crippen LogP contribution is 2.19. The molecule has 0 aliphatic heterocycles. The topological polar surface area (TPSA) is 50.4 Å². The van der Waals surface area contributed by atoms with Crippen molar-refractivity contribution in [1.82, 2.24) is 5.43 Å². The molecule has 0 aromatic heterocycles. The van der Waals surface area contributed by atoms with Crippen molar-refractivity contribution in [2.45, 2.75) is 0 Å². The van der Waals surface area contributed by atoms with Gasteiger partial charge in [0.05, 0.1) is 16.6 Å². The van der Waals surface area contributed by atoms with Crippen molar-refractivity contribution >= 4 is 35.0 Å². The van der Waals surface area contributed by atoms with Crippen LogP contribution in [0.5, 0.6) is 0 Å². The first kappa shape index (κ1) is 11.9. The summed E-state index contributed by atoms with van der Waals surface area (Å²) in [5.41, 5.74) is 5.54. The highest BCUT2D eigenvalue weighted by Gasteiger charge is 2.02. The predicted octanol–water partition coefficient (Wildman–Crippen LogP) is 2.63. The van der Waals surface area contributed by atoms with Gasteiger partial charge < -0.3 is 4.74 Å². The molecule has 0 bridgehead atoms. The molecule has 1 amide bonds. The van der Waals surface area contributed by atoms with E-state index in [2.05, 4.69) is 15.6 Å². The van der Waals surface area contributed by atoms with Crippen molar-refractivity contribution in [1.29, 1.82) is 0 Å². The molecule has 0 atom stereocenters. The van der Waals surface area contributed by atoms with E-state index in [4.69, 9.17) is 23.2 Å². The summed E-state index contributed by atoms with van der Waals surface area (Å²) in [7, 11) is 0. The number of ether oxygens (including phenoxy) is 1. The highest BCUT2D eigenvalue weighted by molar-refractivity contribution is 6.33. The second-order valence-electron chi connectivity index (χ2n) is 2.55. The van der Waals surface area contributed by atoms with Gasteiger partial charge in [-0.1, -0.05) is 23.7 Å². The molecular formula is C9H10Cl2N2O2. The van der Waals surface area contributed by atoms with Crippen LogP contribution in [0.3, 0.4) is 0 Å². The Bertz CT molecular complexity index is 334. The first-order chi connectivity index (χ1) is 7.24. The summed E-state index contributed by atoms with van der Waals surface area (Å²) in [6.45, 7) is 0.164. The molecule has 0 spiro atoms. The first-order valence-corrected chi connectivity index (χ1v) is 5.14. The van der Waals surface area contributed by atoms with E-state index in [0.717, 1.165) is 0 Å². The summed E-state index contributed by atoms with van der Waals surface area (Å²) in [5, 5.41) is 0.509. The monoisotopic (exact) mass is 248 g/mol. The Morgan fingerprint density at radius 3 is 2.80 bits per heavy atom. The molecule has 0 fully saturated rings. The number of carbonyl (C=O) groups is 1. The van der Waals surface area contributed by atoms with Gasteiger partial charge in [0.2, 0.25) is 0 Å². The third-order valence-electron chi connectivity index (χ3n) is 1.48. The molecule has 6 heteroatoms. The molecule has 2 N–H and O–H groups in total. The van der Waals surface area contributed by atoms with Crippen LogP contribution in [0.1, 0.15) is 0 Å². The van der Waals surface area contributed by atoms with Gasteiger partial charge in [-0.2, -0.15) is 0 Å². The van der Waals surface area contributed by atoms with Crippen molar-refractivity contribution in [2.24, 2.45) is 0 Å². The van der Waals surface area contributed by atoms with Crippen molar-refractivity contribution in [3.8, 4) is 0 Å². The van der Waals surface area contributed by atoms with E-state index >= 15 is 0 Å². The number of alkyl halides is 1. The largest absolute Gasteiger partial charge is 0.447 e. The first-order valence-electron chi connectivity index (χ1n) is 4.23. The molecule has 1 aromatic rings. The zero-order valence-electron chi connectivity index (χ0n) is 7.80. The third kappa shape index (κ3) is 4.27. The second-order valence-corrected chi connectivity index (χ2v) is 3.34. The van der Waals surface area contributed by atoms with Crippen LogP contribution in [0.15, 0.2) is 24.3 Å². The summed E-state index contributed by atoms with van der Waals surface area (Å²) in [6, 6.07) is 7.01. The fourth-order valence-electron chi connectivity index (χ4n) is 0.848. The SMILES string of the molecule is O=C(NNc1ccccc1Cl)OCCCl. The van der Waals surface area contributed by atoms with Crippen molar-refractivity contribution in [2.75, 3.05) is 17.9 Å². The van der Waals surface area contributed by atoms with Gasteiger partial charge in [-0.25, -0.2) is 10.2 Å². The van der Waals surface area contributed by atoms with Crippen LogP contribution < -0.4 is 10.9 Å². The van der Waals surface area contributed by atoms with E-state index in [9.17, 15) is 4.79 Å². The number of halogens is 2. The van der Waals surface area contributed by atoms with E-state index in [1.54, 1.807) is 24.3 Å². The number of hydrogen-bond donors (Lipinski definition) is 2. The lowest BCUT2D eigenvalue weighted by Gasteiger charge is -2.09. The maximum absolute atomic E-state index is 11.0. The van der Waals surface area contributed by atoms with E-state index < -0.39 is 6.09 Å². The van der Waals surface area contributed by atoms with Gasteiger partial charge in [0.1, 0.15) is 6.61 Å². The molecule has 0 aliphatic carbocycles. The Hall–Kier alpha value is -1.13. The molecule has 4 nitrogen and oxygen atoms in total. The fraction of sp³-hybridized carbons (Fsp3) is 0.222. The smallest absolute Gasteiger partial charge is 0.425 e. The maximum Gasteiger partial charge on any atom is 0.425 e. The minimum absolute atomic E-state index is 0.164. The highest BCUT2D eigenvalue weighted by atomic mass is 35.5. The second kappa shape index (κ2) is 6.37. The number of carbonyl (C=O) groups excluding carboxylic acids is 1. The van der Waals surface area contributed by atoms with Crippen molar-refractivity contribution < 1.29 is 9.53 Å². The summed E-state index contributed by atoms with van der Waals surface area (Å²) in [5.74, 6) is 0.263. The molecule has 1 aromatic carbocycles. The van der Waals surface area contributed by atoms with E-state index in [1.807, 2.05) is 0 Å². The molecule has 0 heterocycles. The van der Waals surface area contributed by atoms with Crippen LogP contribution in [-0.2, 0) is 4.74 Å². The van der Waals surface area contributed by atoms with Crippen LogP contribution in [-0.4, -0.2) is 18.6 Å². The van der Waals surface area contributed by atoms with Gasteiger partial charge in [-0.05, 0) is 12.1 Å². The van der Waals surface area contributed by atoms with Crippen LogP contribution in [0.25, 0.3) is 0 Å². The van der Waals surface area contributed by atoms with E-state index in [0.29, 0.717) is 10.7 Å². The molecule has 1 rings (SSSR count). The molecule has 0 saturated carbocycles. The van der Waals surface area contributed by atoms with Gasteiger partial charge in [0, 0.05) is 0 Å². The Labute approximate surface area is 97.5 Å². The Balaban J connectivity index is 2.37. The third-order valence-corrected chi connectivity index (χ3v) is 1.97. The van der Waals surface area contributed by atoms with Gasteiger partial charge in [-0.15, -0.1) is 11.6 Å². The lowest BCUT2D eigenvalue weighted by molar-refractivity contribution is 0.155. The lowest BCUT2D eigenvalue weighted by atomic mass is 10.3. The van der Waals surface area contributed by atoms with Crippen molar-refractivity contribution in [3.05, 3.63) is 29.3 Å². The minimum Gasteiger partial charge on any atom is -0.447 e. The summed E-state index contributed by atoms with van der Waals surface area (Å²) < 4.78 is 4.67. The number of rotatable bonds is 4. The van der Waals surface area contributed by atoms with Crippen LogP contribution in [0, 0.1) is 0 Å². The maximum atomic E-state index is 11.0. The minimum atomic E-state index is -0.601. The number of nitrogens with one attached hydrogen (secondary N) is 2. The molecular weight excluding hydrogens is 239 g/mol. The van der Waals surface area contributed by atoms with Crippen LogP contribution >= 0.6 is 23.2 Å². The Morgan fingerprint density at radius 2 is 2.13 bits per heavy atom. The average molecular weight is 249 g/mol. The van der Waals surface area contributed by atoms with Gasteiger partial charge in [-0.3, -0.25) is 5.43 Å². The number of hydrazine groups is 1. The van der Waals surface area contributed by atoms with Gasteiger partial charge >= 0.3 is 6.09 Å². The van der Waals surface area contributed by atoms with Gasteiger partial charge in [0.25, 0.3) is 0 Å². The molecule has 0 radical (unpaired) electrons. The average Bonchev–Trinajstić information content (AvgIpc) is 2.25. The lowest BCUT2D eigenvalue weighted by Crippen LogP contribution is -2.30. The van der Waals surface area contributed by atoms with Crippen LogP contribution in [0.2, 0.25) is 5.02 Å². The summed E-state index contributed by atoms with van der Waals surface area (Å²) in [4.78, 5) is 11.0. The number of anilines is 1. The molecule has 0 aliphatic rings. The van der Waals surface area contributed by atoms with Crippen LogP contribution in [0.4, 0.5) is 10.5 Å². The summed E-state index contributed by atoms with van der Waals surface area (Å²) >= 11 is 11.2. The molecule has 15 heavy (non-hydrogen) atoms. The normalized spacial score (nSPS) is 9.47. The summed E-state index contributed by atoms with van der Waals surface area (Å²) in [6.07, 6.45) is -0.601. The zero-order valence-corrected chi connectivity index (χ0v) is 9.31. The molecule has 82 valence electrons. The number of amides is 1. The fourth-order valence-corrected chi connectivity index (χ4v) is 1.11. The van der Waals surface area contributed by atoms with Crippen molar-refractivity contribution in [3.63, 3.8) is 0 Å². The Morgan fingerprint density at radius 1 is 1.40 bits per heavy atom. The van der Waals surface area contributed by atoms with E-state index in [-0.39, 0.29) is 12.5 Å². The molecule has 0 saturated heterocycles. The standard InChI is InChI=1S/C9H10Cl2N2O2/c10-5-6-15-9(14)13-12-8-4-2-1-3-7(8)11/h1-4,12H,5-6H2,(H,13,14). The number of hydrogen-bond acceptors (Lipinski definition) is 3.